The van der Waals surface area contributed by atoms with E-state index in [4.69, 9.17) is 0 Å². The third-order valence-electron chi connectivity index (χ3n) is 5.05. The largest absolute Gasteiger partial charge is 0.341 e. The van der Waals surface area contributed by atoms with Crippen LogP contribution in [0.5, 0.6) is 0 Å². The van der Waals surface area contributed by atoms with Crippen LogP contribution in [0.3, 0.4) is 0 Å². The lowest BCUT2D eigenvalue weighted by atomic mass is 9.89. The lowest BCUT2D eigenvalue weighted by Gasteiger charge is -2.18. The molecule has 0 bridgehead atoms. The SMILES string of the molecule is CC1CCc2c(sc3ncn(CC(=O)N4CCCC4)c(=O)c23)C1. The lowest BCUT2D eigenvalue weighted by Crippen LogP contribution is -2.34. The fourth-order valence-corrected chi connectivity index (χ4v) is 5.03. The van der Waals surface area contributed by atoms with Crippen LogP contribution >= 0.6 is 11.3 Å². The minimum Gasteiger partial charge on any atom is -0.341 e. The van der Waals surface area contributed by atoms with Crippen LogP contribution in [0.4, 0.5) is 0 Å². The Morgan fingerprint density at radius 1 is 1.39 bits per heavy atom. The van der Waals surface area contributed by atoms with E-state index in [1.807, 2.05) is 4.90 Å². The number of carbonyl (C=O) groups excluding carboxylic acids is 1. The highest BCUT2D eigenvalue weighted by atomic mass is 32.1. The van der Waals surface area contributed by atoms with E-state index in [1.54, 1.807) is 17.7 Å². The van der Waals surface area contributed by atoms with Gasteiger partial charge in [-0.05, 0) is 43.6 Å². The molecule has 0 aromatic carbocycles. The summed E-state index contributed by atoms with van der Waals surface area (Å²) in [6.07, 6.45) is 6.80. The van der Waals surface area contributed by atoms with E-state index in [1.165, 1.54) is 15.0 Å². The smallest absolute Gasteiger partial charge is 0.262 e. The van der Waals surface area contributed by atoms with Gasteiger partial charge in [-0.15, -0.1) is 11.3 Å². The standard InChI is InChI=1S/C17H21N3O2S/c1-11-4-5-12-13(8-11)23-16-15(12)17(22)20(10-18-16)9-14(21)19-6-2-3-7-19/h10-11H,2-9H2,1H3. The van der Waals surface area contributed by atoms with Crippen molar-refractivity contribution in [1.29, 1.82) is 0 Å². The second kappa shape index (κ2) is 5.74. The normalized spacial score (nSPS) is 20.9. The highest BCUT2D eigenvalue weighted by Crippen LogP contribution is 2.35. The zero-order valence-electron chi connectivity index (χ0n) is 13.4. The summed E-state index contributed by atoms with van der Waals surface area (Å²) in [7, 11) is 0. The van der Waals surface area contributed by atoms with Crippen LogP contribution in [0.25, 0.3) is 10.2 Å². The molecular formula is C17H21N3O2S. The number of thiophene rings is 1. The fourth-order valence-electron chi connectivity index (χ4n) is 3.69. The molecule has 1 aliphatic carbocycles. The number of nitrogens with zero attached hydrogens (tertiary/aromatic N) is 3. The monoisotopic (exact) mass is 331 g/mol. The highest BCUT2D eigenvalue weighted by molar-refractivity contribution is 7.18. The van der Waals surface area contributed by atoms with Crippen molar-refractivity contribution in [2.24, 2.45) is 5.92 Å². The summed E-state index contributed by atoms with van der Waals surface area (Å²) in [5.74, 6) is 0.706. The van der Waals surface area contributed by atoms with Crippen molar-refractivity contribution in [2.75, 3.05) is 13.1 Å². The second-order valence-electron chi connectivity index (χ2n) is 6.80. The molecular weight excluding hydrogens is 310 g/mol. The molecule has 1 saturated heterocycles. The highest BCUT2D eigenvalue weighted by Gasteiger charge is 2.24. The molecule has 1 atom stereocenters. The van der Waals surface area contributed by atoms with Crippen LogP contribution in [-0.2, 0) is 24.2 Å². The molecule has 0 spiro atoms. The number of aryl methyl sites for hydroxylation is 1. The number of hydrogen-bond donors (Lipinski definition) is 0. The summed E-state index contributed by atoms with van der Waals surface area (Å²) in [5.41, 5.74) is 1.14. The van der Waals surface area contributed by atoms with Crippen molar-refractivity contribution in [3.05, 3.63) is 27.1 Å². The van der Waals surface area contributed by atoms with Gasteiger partial charge in [0.15, 0.2) is 0 Å². The summed E-state index contributed by atoms with van der Waals surface area (Å²) < 4.78 is 1.49. The first-order chi connectivity index (χ1) is 11.1. The third-order valence-corrected chi connectivity index (χ3v) is 6.21. The van der Waals surface area contributed by atoms with Gasteiger partial charge in [-0.1, -0.05) is 6.92 Å². The van der Waals surface area contributed by atoms with Crippen LogP contribution in [-0.4, -0.2) is 33.4 Å². The van der Waals surface area contributed by atoms with Gasteiger partial charge >= 0.3 is 0 Å². The van der Waals surface area contributed by atoms with Crippen molar-refractivity contribution in [2.45, 2.75) is 45.6 Å². The molecule has 0 N–H and O–H groups in total. The van der Waals surface area contributed by atoms with Gasteiger partial charge in [0.25, 0.3) is 5.56 Å². The Bertz CT molecular complexity index is 817. The Kier molecular flexibility index (Phi) is 3.71. The van der Waals surface area contributed by atoms with Crippen LogP contribution in [0.15, 0.2) is 11.1 Å². The predicted octanol–water partition coefficient (Wildman–Crippen LogP) is 2.21. The topological polar surface area (TPSA) is 55.2 Å². The number of amides is 1. The number of likely N-dealkylation sites (tertiary alicyclic amines) is 1. The van der Waals surface area contributed by atoms with Crippen molar-refractivity contribution < 1.29 is 4.79 Å². The molecule has 3 heterocycles. The molecule has 23 heavy (non-hydrogen) atoms. The first kappa shape index (κ1) is 14.9. The number of aromatic nitrogens is 2. The zero-order valence-corrected chi connectivity index (χ0v) is 14.2. The Morgan fingerprint density at radius 2 is 2.17 bits per heavy atom. The van der Waals surface area contributed by atoms with Gasteiger partial charge < -0.3 is 4.90 Å². The van der Waals surface area contributed by atoms with E-state index in [-0.39, 0.29) is 18.0 Å². The maximum absolute atomic E-state index is 12.9. The van der Waals surface area contributed by atoms with E-state index in [9.17, 15) is 9.59 Å². The van der Waals surface area contributed by atoms with Crippen molar-refractivity contribution in [3.63, 3.8) is 0 Å². The number of fused-ring (bicyclic) bond motifs is 3. The number of hydrogen-bond acceptors (Lipinski definition) is 4. The predicted molar refractivity (Wildman–Crippen MR) is 90.9 cm³/mol. The quantitative estimate of drug-likeness (QED) is 0.848. The summed E-state index contributed by atoms with van der Waals surface area (Å²) in [5, 5.41) is 0.758. The maximum Gasteiger partial charge on any atom is 0.262 e. The molecule has 2 aliphatic rings. The Labute approximate surface area is 138 Å². The Hall–Kier alpha value is -1.69. The summed E-state index contributed by atoms with van der Waals surface area (Å²) in [6, 6.07) is 0. The van der Waals surface area contributed by atoms with Gasteiger partial charge in [0.05, 0.1) is 11.7 Å². The van der Waals surface area contributed by atoms with Gasteiger partial charge in [-0.2, -0.15) is 0 Å². The molecule has 1 fully saturated rings. The summed E-state index contributed by atoms with van der Waals surface area (Å²) in [6.45, 7) is 4.00. The van der Waals surface area contributed by atoms with E-state index < -0.39 is 0 Å². The van der Waals surface area contributed by atoms with E-state index >= 15 is 0 Å². The molecule has 5 nitrogen and oxygen atoms in total. The average Bonchev–Trinajstić information content (AvgIpc) is 3.16. The van der Waals surface area contributed by atoms with E-state index in [2.05, 4.69) is 11.9 Å². The molecule has 4 rings (SSSR count). The van der Waals surface area contributed by atoms with Crippen LogP contribution in [0.1, 0.15) is 36.6 Å². The van der Waals surface area contributed by atoms with Crippen LogP contribution in [0, 0.1) is 5.92 Å². The molecule has 6 heteroatoms. The maximum atomic E-state index is 12.9. The minimum atomic E-state index is -0.0467. The third kappa shape index (κ3) is 2.59. The molecule has 122 valence electrons. The summed E-state index contributed by atoms with van der Waals surface area (Å²) >= 11 is 1.65. The Balaban J connectivity index is 1.70. The van der Waals surface area contributed by atoms with Crippen molar-refractivity contribution >= 4 is 27.5 Å². The lowest BCUT2D eigenvalue weighted by molar-refractivity contribution is -0.130. The van der Waals surface area contributed by atoms with E-state index in [0.717, 1.165) is 55.4 Å². The van der Waals surface area contributed by atoms with Crippen molar-refractivity contribution in [3.8, 4) is 0 Å². The van der Waals surface area contributed by atoms with Gasteiger partial charge in [-0.25, -0.2) is 4.98 Å². The number of carbonyl (C=O) groups is 1. The minimum absolute atomic E-state index is 0.0310. The summed E-state index contributed by atoms with van der Waals surface area (Å²) in [4.78, 5) is 33.6. The van der Waals surface area contributed by atoms with E-state index in [0.29, 0.717) is 5.92 Å². The first-order valence-corrected chi connectivity index (χ1v) is 9.22. The Morgan fingerprint density at radius 3 is 2.96 bits per heavy atom. The van der Waals surface area contributed by atoms with Gasteiger partial charge in [-0.3, -0.25) is 14.2 Å². The average molecular weight is 331 g/mol. The fraction of sp³-hybridized carbons (Fsp3) is 0.588. The molecule has 0 saturated carbocycles. The molecule has 1 unspecified atom stereocenters. The number of rotatable bonds is 2. The molecule has 0 radical (unpaired) electrons. The van der Waals surface area contributed by atoms with Gasteiger partial charge in [0, 0.05) is 18.0 Å². The second-order valence-corrected chi connectivity index (χ2v) is 7.88. The van der Waals surface area contributed by atoms with Crippen LogP contribution < -0.4 is 5.56 Å². The van der Waals surface area contributed by atoms with Crippen molar-refractivity contribution in [1.82, 2.24) is 14.5 Å². The molecule has 2 aromatic rings. The molecule has 1 amide bonds. The zero-order chi connectivity index (χ0) is 16.0. The molecule has 2 aromatic heterocycles. The van der Waals surface area contributed by atoms with Gasteiger partial charge in [0.1, 0.15) is 11.4 Å². The molecule has 1 aliphatic heterocycles. The first-order valence-electron chi connectivity index (χ1n) is 8.41. The van der Waals surface area contributed by atoms with Crippen LogP contribution in [0.2, 0.25) is 0 Å². The van der Waals surface area contributed by atoms with Gasteiger partial charge in [0.2, 0.25) is 5.91 Å².